The summed E-state index contributed by atoms with van der Waals surface area (Å²) in [5, 5.41) is 16.7. The van der Waals surface area contributed by atoms with E-state index in [0.29, 0.717) is 18.6 Å². The minimum atomic E-state index is -1.44. The third-order valence-corrected chi connectivity index (χ3v) is 6.01. The van der Waals surface area contributed by atoms with E-state index >= 15 is 0 Å². The molecular formula is C21H38N6O7S. The van der Waals surface area contributed by atoms with E-state index in [0.717, 1.165) is 0 Å². The van der Waals surface area contributed by atoms with Crippen molar-refractivity contribution in [1.29, 1.82) is 0 Å². The van der Waals surface area contributed by atoms with Crippen molar-refractivity contribution < 1.29 is 33.9 Å². The first-order chi connectivity index (χ1) is 16.3. The van der Waals surface area contributed by atoms with Crippen LogP contribution < -0.4 is 33.2 Å². The molecule has 0 bridgehead atoms. The molecule has 0 heterocycles. The lowest BCUT2D eigenvalue weighted by molar-refractivity contribution is -0.143. The van der Waals surface area contributed by atoms with E-state index in [-0.39, 0.29) is 31.6 Å². The van der Waals surface area contributed by atoms with Crippen molar-refractivity contribution in [3.05, 3.63) is 0 Å². The van der Waals surface area contributed by atoms with Crippen LogP contribution in [0.15, 0.2) is 0 Å². The summed E-state index contributed by atoms with van der Waals surface area (Å²) >= 11 is 1.53. The molecule has 0 saturated carbocycles. The highest BCUT2D eigenvalue weighted by Gasteiger charge is 2.32. The number of hydrogen-bond donors (Lipinski definition) is 7. The second-order valence-electron chi connectivity index (χ2n) is 8.23. The molecule has 13 nitrogen and oxygen atoms in total. The smallest absolute Gasteiger partial charge is 0.326 e. The molecule has 35 heavy (non-hydrogen) atoms. The van der Waals surface area contributed by atoms with Crippen LogP contribution in [-0.4, -0.2) is 76.8 Å². The van der Waals surface area contributed by atoms with Crippen LogP contribution in [-0.2, 0) is 28.8 Å². The molecule has 0 aliphatic heterocycles. The van der Waals surface area contributed by atoms with Gasteiger partial charge in [0.1, 0.15) is 18.1 Å². The Kier molecular flexibility index (Phi) is 15.3. The number of carboxylic acids is 1. The maximum Gasteiger partial charge on any atom is 0.326 e. The maximum absolute atomic E-state index is 13.1. The molecule has 0 rings (SSSR count). The molecule has 0 aromatic rings. The summed E-state index contributed by atoms with van der Waals surface area (Å²) < 4.78 is 0. The van der Waals surface area contributed by atoms with Crippen molar-refractivity contribution in [1.82, 2.24) is 16.0 Å². The van der Waals surface area contributed by atoms with Gasteiger partial charge in [0.2, 0.25) is 29.5 Å². The Balaban J connectivity index is 5.59. The fourth-order valence-electron chi connectivity index (χ4n) is 2.97. The molecule has 0 fully saturated rings. The number of nitrogens with one attached hydrogen (secondary N) is 3. The number of hydrogen-bond acceptors (Lipinski definition) is 8. The number of rotatable bonds is 18. The highest BCUT2D eigenvalue weighted by Crippen LogP contribution is 2.11. The van der Waals surface area contributed by atoms with Gasteiger partial charge in [-0.15, -0.1) is 0 Å². The van der Waals surface area contributed by atoms with Crippen LogP contribution in [0, 0.1) is 5.92 Å². The zero-order chi connectivity index (χ0) is 27.1. The molecule has 14 heteroatoms. The van der Waals surface area contributed by atoms with Gasteiger partial charge in [-0.2, -0.15) is 11.8 Å². The molecule has 5 unspecified atom stereocenters. The van der Waals surface area contributed by atoms with E-state index in [1.165, 1.54) is 11.8 Å². The van der Waals surface area contributed by atoms with E-state index < -0.39 is 59.7 Å². The van der Waals surface area contributed by atoms with Gasteiger partial charge in [-0.1, -0.05) is 20.3 Å². The van der Waals surface area contributed by atoms with Gasteiger partial charge < -0.3 is 38.3 Å². The molecule has 0 saturated heterocycles. The Morgan fingerprint density at radius 1 is 0.829 bits per heavy atom. The number of carbonyl (C=O) groups excluding carboxylic acids is 5. The number of carbonyl (C=O) groups is 6. The van der Waals surface area contributed by atoms with Crippen molar-refractivity contribution in [2.24, 2.45) is 23.1 Å². The second kappa shape index (κ2) is 16.7. The quantitative estimate of drug-likeness (QED) is 0.108. The zero-order valence-corrected chi connectivity index (χ0v) is 21.2. The molecular weight excluding hydrogens is 480 g/mol. The molecule has 0 spiro atoms. The van der Waals surface area contributed by atoms with Crippen LogP contribution in [0.1, 0.15) is 52.4 Å². The minimum absolute atomic E-state index is 0.205. The van der Waals surface area contributed by atoms with Crippen LogP contribution in [0.25, 0.3) is 0 Å². The molecule has 5 atom stereocenters. The first-order valence-corrected chi connectivity index (χ1v) is 12.7. The fraction of sp³-hybridized carbons (Fsp3) is 0.714. The Labute approximate surface area is 209 Å². The van der Waals surface area contributed by atoms with Gasteiger partial charge in [-0.05, 0) is 37.2 Å². The van der Waals surface area contributed by atoms with Crippen LogP contribution in [0.5, 0.6) is 0 Å². The molecule has 0 aromatic heterocycles. The number of amides is 5. The summed E-state index contributed by atoms with van der Waals surface area (Å²) in [5.41, 5.74) is 16.1. The van der Waals surface area contributed by atoms with E-state index in [9.17, 15) is 33.9 Å². The predicted molar refractivity (Wildman–Crippen MR) is 131 cm³/mol. The largest absolute Gasteiger partial charge is 0.480 e. The summed E-state index contributed by atoms with van der Waals surface area (Å²) in [6.07, 6.45) is 1.79. The molecule has 5 amide bonds. The molecule has 0 aliphatic carbocycles. The fourth-order valence-corrected chi connectivity index (χ4v) is 3.46. The minimum Gasteiger partial charge on any atom is -0.480 e. The molecule has 10 N–H and O–H groups in total. The molecule has 0 radical (unpaired) electrons. The lowest BCUT2D eigenvalue weighted by Gasteiger charge is -2.28. The van der Waals surface area contributed by atoms with Crippen molar-refractivity contribution in [2.75, 3.05) is 12.0 Å². The monoisotopic (exact) mass is 518 g/mol. The van der Waals surface area contributed by atoms with E-state index in [4.69, 9.17) is 17.2 Å². The zero-order valence-electron chi connectivity index (χ0n) is 20.4. The number of nitrogens with two attached hydrogens (primary N) is 3. The van der Waals surface area contributed by atoms with Crippen LogP contribution in [0.4, 0.5) is 0 Å². The summed E-state index contributed by atoms with van der Waals surface area (Å²) in [5.74, 6) is -4.64. The number of thioether (sulfide) groups is 1. The van der Waals surface area contributed by atoms with E-state index in [1.54, 1.807) is 6.92 Å². The highest BCUT2D eigenvalue weighted by molar-refractivity contribution is 7.98. The SMILES string of the molecule is CCC(C)C(NC(=O)C(N)CCSC)C(=O)NC(CCC(N)=O)C(=O)NC(CCC(N)=O)C(=O)O. The predicted octanol–water partition coefficient (Wildman–Crippen LogP) is -1.82. The Hall–Kier alpha value is -2.87. The Morgan fingerprint density at radius 3 is 1.80 bits per heavy atom. The standard InChI is InChI=1S/C21H38N6O7S/c1-4-11(2)17(27-18(30)12(22)9-10-35-3)20(32)25-13(5-7-15(23)28)19(31)26-14(21(33)34)6-8-16(24)29/h11-14,17H,4-10,22H2,1-3H3,(H2,23,28)(H2,24,29)(H,25,32)(H,26,31)(H,27,30)(H,33,34). The van der Waals surface area contributed by atoms with Gasteiger partial charge in [-0.25, -0.2) is 4.79 Å². The average molecular weight is 519 g/mol. The summed E-state index contributed by atoms with van der Waals surface area (Å²) in [6, 6.07) is -4.61. The van der Waals surface area contributed by atoms with Gasteiger partial charge in [0.15, 0.2) is 0 Å². The first-order valence-electron chi connectivity index (χ1n) is 11.3. The Morgan fingerprint density at radius 2 is 1.34 bits per heavy atom. The Bertz CT molecular complexity index is 766. The third kappa shape index (κ3) is 13.0. The van der Waals surface area contributed by atoms with Crippen molar-refractivity contribution in [3.63, 3.8) is 0 Å². The second-order valence-corrected chi connectivity index (χ2v) is 9.22. The number of primary amides is 2. The summed E-state index contributed by atoms with van der Waals surface area (Å²) in [6.45, 7) is 3.55. The van der Waals surface area contributed by atoms with E-state index in [2.05, 4.69) is 16.0 Å². The lowest BCUT2D eigenvalue weighted by atomic mass is 9.97. The van der Waals surface area contributed by atoms with Crippen LogP contribution >= 0.6 is 11.8 Å². The van der Waals surface area contributed by atoms with Crippen molar-refractivity contribution >= 4 is 47.3 Å². The van der Waals surface area contributed by atoms with Crippen molar-refractivity contribution in [2.45, 2.75) is 76.5 Å². The number of aliphatic carboxylic acids is 1. The number of carboxylic acid groups (broad SMARTS) is 1. The molecule has 0 aromatic carbocycles. The van der Waals surface area contributed by atoms with E-state index in [1.807, 2.05) is 13.2 Å². The van der Waals surface area contributed by atoms with Gasteiger partial charge in [0.05, 0.1) is 6.04 Å². The molecule has 0 aliphatic rings. The molecule has 200 valence electrons. The first kappa shape index (κ1) is 32.1. The van der Waals surface area contributed by atoms with Gasteiger partial charge in [-0.3, -0.25) is 24.0 Å². The highest BCUT2D eigenvalue weighted by atomic mass is 32.2. The average Bonchev–Trinajstić information content (AvgIpc) is 2.79. The third-order valence-electron chi connectivity index (χ3n) is 5.37. The van der Waals surface area contributed by atoms with Crippen molar-refractivity contribution in [3.8, 4) is 0 Å². The summed E-state index contributed by atoms with van der Waals surface area (Å²) in [7, 11) is 0. The normalized spacial score (nSPS) is 15.1. The van der Waals surface area contributed by atoms with Crippen LogP contribution in [0.3, 0.4) is 0 Å². The topological polar surface area (TPSA) is 237 Å². The van der Waals surface area contributed by atoms with Gasteiger partial charge >= 0.3 is 5.97 Å². The summed E-state index contributed by atoms with van der Waals surface area (Å²) in [4.78, 5) is 72.1. The van der Waals surface area contributed by atoms with Crippen LogP contribution in [0.2, 0.25) is 0 Å². The van der Waals surface area contributed by atoms with Gasteiger partial charge in [0, 0.05) is 12.8 Å². The lowest BCUT2D eigenvalue weighted by Crippen LogP contribution is -2.58. The van der Waals surface area contributed by atoms with Gasteiger partial charge in [0.25, 0.3) is 0 Å². The maximum atomic E-state index is 13.1.